The van der Waals surface area contributed by atoms with Crippen molar-refractivity contribution in [1.29, 1.82) is 0 Å². The maximum atomic E-state index is 12.1. The van der Waals surface area contributed by atoms with Gasteiger partial charge in [0.15, 0.2) is 0 Å². The van der Waals surface area contributed by atoms with Crippen molar-refractivity contribution in [3.63, 3.8) is 0 Å². The van der Waals surface area contributed by atoms with E-state index in [9.17, 15) is 19.5 Å². The summed E-state index contributed by atoms with van der Waals surface area (Å²) in [6.45, 7) is 3.12. The van der Waals surface area contributed by atoms with Crippen molar-refractivity contribution in [3.05, 3.63) is 34.4 Å². The van der Waals surface area contributed by atoms with Gasteiger partial charge in [0.1, 0.15) is 0 Å². The highest BCUT2D eigenvalue weighted by Crippen LogP contribution is 2.18. The Hall–Kier alpha value is -2.37. The van der Waals surface area contributed by atoms with Gasteiger partial charge in [-0.2, -0.15) is 0 Å². The number of likely N-dealkylation sites (N-methyl/N-ethyl adjacent to an activating group) is 1. The van der Waals surface area contributed by atoms with Crippen LogP contribution in [0.25, 0.3) is 0 Å². The van der Waals surface area contributed by atoms with E-state index in [4.69, 9.17) is 0 Å². The van der Waals surface area contributed by atoms with Gasteiger partial charge in [-0.3, -0.25) is 9.59 Å². The second-order valence-electron chi connectivity index (χ2n) is 4.73. The van der Waals surface area contributed by atoms with Gasteiger partial charge in [-0.25, -0.2) is 4.79 Å². The number of carbonyl (C=O) groups is 3. The summed E-state index contributed by atoms with van der Waals surface area (Å²) in [4.78, 5) is 36.2. The molecule has 0 saturated heterocycles. The summed E-state index contributed by atoms with van der Waals surface area (Å²) in [5, 5.41) is 11.7. The molecule has 0 atom stereocenters. The summed E-state index contributed by atoms with van der Waals surface area (Å²) in [6, 6.07) is 3.34. The quantitative estimate of drug-likeness (QED) is 0.853. The lowest BCUT2D eigenvalue weighted by Gasteiger charge is -2.14. The highest BCUT2D eigenvalue weighted by atomic mass is 16.4. The average molecular weight is 278 g/mol. The average Bonchev–Trinajstić information content (AvgIpc) is 2.37. The van der Waals surface area contributed by atoms with Gasteiger partial charge in [-0.1, -0.05) is 12.1 Å². The Balaban J connectivity index is 3.07. The number of amides is 2. The van der Waals surface area contributed by atoms with E-state index in [1.54, 1.807) is 40.1 Å². The fourth-order valence-electron chi connectivity index (χ4n) is 1.78. The first-order valence-electron chi connectivity index (χ1n) is 6.07. The van der Waals surface area contributed by atoms with Crippen molar-refractivity contribution >= 4 is 17.8 Å². The molecule has 0 fully saturated rings. The Morgan fingerprint density at radius 1 is 1.10 bits per heavy atom. The van der Waals surface area contributed by atoms with Crippen LogP contribution in [0.15, 0.2) is 12.1 Å². The molecule has 2 amide bonds. The molecule has 0 heterocycles. The summed E-state index contributed by atoms with van der Waals surface area (Å²) < 4.78 is 0. The number of aromatic carboxylic acids is 1. The molecule has 6 nitrogen and oxygen atoms in total. The van der Waals surface area contributed by atoms with Crippen molar-refractivity contribution in [2.75, 3.05) is 20.6 Å². The Kier molecular flexibility index (Phi) is 4.85. The molecule has 0 spiro atoms. The minimum absolute atomic E-state index is 0.0280. The first-order chi connectivity index (χ1) is 9.25. The standard InChI is InChI=1S/C14H18N2O4/c1-8-5-6-9(2)12(14(19)20)11(8)13(18)15-7-10(17)16(3)4/h5-6H,7H2,1-4H3,(H,15,18)(H,19,20). The monoisotopic (exact) mass is 278 g/mol. The van der Waals surface area contributed by atoms with Gasteiger partial charge in [0, 0.05) is 14.1 Å². The number of nitrogens with one attached hydrogen (secondary N) is 1. The second-order valence-corrected chi connectivity index (χ2v) is 4.73. The van der Waals surface area contributed by atoms with Gasteiger partial charge in [0.25, 0.3) is 5.91 Å². The van der Waals surface area contributed by atoms with Crippen LogP contribution in [0.3, 0.4) is 0 Å². The SMILES string of the molecule is Cc1ccc(C)c(C(=O)NCC(=O)N(C)C)c1C(=O)O. The van der Waals surface area contributed by atoms with Gasteiger partial charge >= 0.3 is 5.97 Å². The first kappa shape index (κ1) is 15.7. The largest absolute Gasteiger partial charge is 0.478 e. The van der Waals surface area contributed by atoms with Gasteiger partial charge < -0.3 is 15.3 Å². The predicted octanol–water partition coefficient (Wildman–Crippen LogP) is 0.820. The molecule has 0 aliphatic rings. The zero-order valence-corrected chi connectivity index (χ0v) is 12.0. The first-order valence-corrected chi connectivity index (χ1v) is 6.07. The predicted molar refractivity (Wildman–Crippen MR) is 73.9 cm³/mol. The summed E-state index contributed by atoms with van der Waals surface area (Å²) in [5.74, 6) is -1.98. The zero-order valence-electron chi connectivity index (χ0n) is 12.0. The number of carboxylic acids is 1. The van der Waals surface area contributed by atoms with E-state index in [1.807, 2.05) is 0 Å². The van der Waals surface area contributed by atoms with Crippen molar-refractivity contribution in [1.82, 2.24) is 10.2 Å². The molecule has 6 heteroatoms. The molecule has 0 unspecified atom stereocenters. The molecule has 20 heavy (non-hydrogen) atoms. The maximum Gasteiger partial charge on any atom is 0.336 e. The number of aryl methyl sites for hydroxylation is 2. The van der Waals surface area contributed by atoms with E-state index in [0.717, 1.165) is 0 Å². The van der Waals surface area contributed by atoms with E-state index >= 15 is 0 Å². The van der Waals surface area contributed by atoms with Gasteiger partial charge in [0.2, 0.25) is 5.91 Å². The number of carboxylic acid groups (broad SMARTS) is 1. The number of nitrogens with zero attached hydrogens (tertiary/aromatic N) is 1. The van der Waals surface area contributed by atoms with Gasteiger partial charge in [-0.05, 0) is 25.0 Å². The van der Waals surface area contributed by atoms with E-state index in [1.165, 1.54) is 4.90 Å². The summed E-state index contributed by atoms with van der Waals surface area (Å²) in [7, 11) is 3.16. The summed E-state index contributed by atoms with van der Waals surface area (Å²) in [6.07, 6.45) is 0. The number of benzene rings is 1. The van der Waals surface area contributed by atoms with Crippen molar-refractivity contribution in [2.45, 2.75) is 13.8 Å². The minimum Gasteiger partial charge on any atom is -0.478 e. The Morgan fingerprint density at radius 2 is 1.60 bits per heavy atom. The van der Waals surface area contributed by atoms with Crippen LogP contribution in [-0.2, 0) is 4.79 Å². The van der Waals surface area contributed by atoms with Crippen LogP contribution in [0.2, 0.25) is 0 Å². The molecule has 2 N–H and O–H groups in total. The van der Waals surface area contributed by atoms with Crippen LogP contribution < -0.4 is 5.32 Å². The lowest BCUT2D eigenvalue weighted by atomic mass is 9.96. The van der Waals surface area contributed by atoms with E-state index in [-0.39, 0.29) is 23.6 Å². The fourth-order valence-corrected chi connectivity index (χ4v) is 1.78. The second kappa shape index (κ2) is 6.18. The topological polar surface area (TPSA) is 86.7 Å². The van der Waals surface area contributed by atoms with E-state index < -0.39 is 11.9 Å². The molecule has 0 bridgehead atoms. The molecular formula is C14H18N2O4. The molecule has 108 valence electrons. The van der Waals surface area contributed by atoms with Crippen molar-refractivity contribution in [2.24, 2.45) is 0 Å². The number of hydrogen-bond acceptors (Lipinski definition) is 3. The lowest BCUT2D eigenvalue weighted by Crippen LogP contribution is -2.37. The normalized spacial score (nSPS) is 10.0. The number of carbonyl (C=O) groups excluding carboxylic acids is 2. The van der Waals surface area contributed by atoms with Crippen molar-refractivity contribution < 1.29 is 19.5 Å². The molecule has 1 aromatic rings. The van der Waals surface area contributed by atoms with Crippen LogP contribution in [0.1, 0.15) is 31.8 Å². The highest BCUT2D eigenvalue weighted by Gasteiger charge is 2.21. The van der Waals surface area contributed by atoms with Crippen molar-refractivity contribution in [3.8, 4) is 0 Å². The van der Waals surface area contributed by atoms with E-state index in [0.29, 0.717) is 11.1 Å². The number of hydrogen-bond donors (Lipinski definition) is 2. The van der Waals surface area contributed by atoms with E-state index in [2.05, 4.69) is 5.32 Å². The molecule has 0 aliphatic carbocycles. The Labute approximate surface area is 117 Å². The third-order valence-electron chi connectivity index (χ3n) is 2.96. The van der Waals surface area contributed by atoms with Gasteiger partial charge in [0.05, 0.1) is 17.7 Å². The lowest BCUT2D eigenvalue weighted by molar-refractivity contribution is -0.127. The Bertz CT molecular complexity index is 565. The maximum absolute atomic E-state index is 12.1. The zero-order chi connectivity index (χ0) is 15.4. The molecule has 1 rings (SSSR count). The Morgan fingerprint density at radius 3 is 2.05 bits per heavy atom. The molecule has 0 aromatic heterocycles. The molecular weight excluding hydrogens is 260 g/mol. The van der Waals surface area contributed by atoms with Crippen LogP contribution in [0, 0.1) is 13.8 Å². The minimum atomic E-state index is -1.16. The molecule has 0 aliphatic heterocycles. The van der Waals surface area contributed by atoms with Crippen LogP contribution in [0.4, 0.5) is 0 Å². The number of rotatable bonds is 4. The molecule has 0 radical (unpaired) electrons. The third-order valence-corrected chi connectivity index (χ3v) is 2.96. The highest BCUT2D eigenvalue weighted by molar-refractivity contribution is 6.07. The summed E-state index contributed by atoms with van der Waals surface area (Å²) >= 11 is 0. The van der Waals surface area contributed by atoms with Gasteiger partial charge in [-0.15, -0.1) is 0 Å². The van der Waals surface area contributed by atoms with Crippen LogP contribution in [-0.4, -0.2) is 48.4 Å². The molecule has 0 saturated carbocycles. The third kappa shape index (κ3) is 3.34. The smallest absolute Gasteiger partial charge is 0.336 e. The van der Waals surface area contributed by atoms with Crippen LogP contribution >= 0.6 is 0 Å². The fraction of sp³-hybridized carbons (Fsp3) is 0.357. The molecule has 1 aromatic carbocycles. The van der Waals surface area contributed by atoms with Crippen LogP contribution in [0.5, 0.6) is 0 Å². The summed E-state index contributed by atoms with van der Waals surface area (Å²) in [5.41, 5.74) is 1.14.